The van der Waals surface area contributed by atoms with Gasteiger partial charge in [-0.05, 0) is 51.3 Å². The molecule has 176 valence electrons. The third kappa shape index (κ3) is 6.47. The lowest BCUT2D eigenvalue weighted by Crippen LogP contribution is -2.36. The van der Waals surface area contributed by atoms with E-state index in [4.69, 9.17) is 14.3 Å². The van der Waals surface area contributed by atoms with Gasteiger partial charge in [-0.2, -0.15) is 5.10 Å². The maximum Gasteiger partial charge on any atom is 0.303 e. The van der Waals surface area contributed by atoms with Gasteiger partial charge in [0.2, 0.25) is 0 Å². The van der Waals surface area contributed by atoms with Crippen LogP contribution in [0.5, 0.6) is 5.75 Å². The summed E-state index contributed by atoms with van der Waals surface area (Å²) in [6, 6.07) is 13.0. The number of nitrogens with zero attached hydrogens (tertiary/aromatic N) is 3. The Morgan fingerprint density at radius 3 is 2.64 bits per heavy atom. The summed E-state index contributed by atoms with van der Waals surface area (Å²) in [7, 11) is 1.79. The number of carbonyl (C=O) groups is 2. The van der Waals surface area contributed by atoms with Gasteiger partial charge in [0.1, 0.15) is 11.4 Å². The number of benzene rings is 1. The van der Waals surface area contributed by atoms with Gasteiger partial charge in [-0.25, -0.2) is 0 Å². The van der Waals surface area contributed by atoms with Gasteiger partial charge in [-0.3, -0.25) is 14.3 Å². The van der Waals surface area contributed by atoms with Crippen molar-refractivity contribution in [3.8, 4) is 17.2 Å². The highest BCUT2D eigenvalue weighted by Gasteiger charge is 2.24. The molecule has 0 aliphatic rings. The highest BCUT2D eigenvalue weighted by Crippen LogP contribution is 2.24. The number of carboxylic acids is 1. The molecule has 0 saturated heterocycles. The zero-order chi connectivity index (χ0) is 23.8. The van der Waals surface area contributed by atoms with E-state index in [2.05, 4.69) is 5.10 Å². The van der Waals surface area contributed by atoms with Crippen LogP contribution >= 0.6 is 0 Å². The van der Waals surface area contributed by atoms with Gasteiger partial charge in [0.05, 0.1) is 12.9 Å². The van der Waals surface area contributed by atoms with Crippen molar-refractivity contribution in [2.24, 2.45) is 7.05 Å². The first-order chi connectivity index (χ1) is 15.9. The van der Waals surface area contributed by atoms with Crippen LogP contribution in [0, 0.1) is 0 Å². The number of aryl methyl sites for hydroxylation is 1. The molecule has 1 amide bonds. The number of amides is 1. The van der Waals surface area contributed by atoms with Crippen LogP contribution < -0.4 is 4.74 Å². The van der Waals surface area contributed by atoms with E-state index in [1.165, 1.54) is 0 Å². The summed E-state index contributed by atoms with van der Waals surface area (Å²) >= 11 is 0. The summed E-state index contributed by atoms with van der Waals surface area (Å²) in [6.45, 7) is 4.83. The monoisotopic (exact) mass is 453 g/mol. The van der Waals surface area contributed by atoms with E-state index in [9.17, 15) is 9.59 Å². The van der Waals surface area contributed by atoms with Crippen molar-refractivity contribution >= 4 is 11.9 Å². The van der Waals surface area contributed by atoms with Crippen LogP contribution in [0.3, 0.4) is 0 Å². The first-order valence-electron chi connectivity index (χ1n) is 11.2. The number of carbonyl (C=O) groups excluding carboxylic acids is 1. The van der Waals surface area contributed by atoms with Crippen molar-refractivity contribution < 1.29 is 23.8 Å². The smallest absolute Gasteiger partial charge is 0.303 e. The Hall–Kier alpha value is -3.55. The van der Waals surface area contributed by atoms with E-state index in [0.717, 1.165) is 29.8 Å². The molecule has 0 atom stereocenters. The van der Waals surface area contributed by atoms with Crippen molar-refractivity contribution in [1.29, 1.82) is 0 Å². The maximum atomic E-state index is 13.4. The number of aromatic nitrogens is 2. The zero-order valence-corrected chi connectivity index (χ0v) is 19.4. The number of aliphatic carboxylic acids is 1. The van der Waals surface area contributed by atoms with Crippen LogP contribution in [0.2, 0.25) is 0 Å². The fourth-order valence-corrected chi connectivity index (χ4v) is 3.56. The van der Waals surface area contributed by atoms with Crippen LogP contribution in [0.1, 0.15) is 55.6 Å². The number of rotatable bonds is 12. The minimum atomic E-state index is -0.774. The second-order valence-electron chi connectivity index (χ2n) is 8.20. The molecule has 2 heterocycles. The summed E-state index contributed by atoms with van der Waals surface area (Å²) in [5.41, 5.74) is 2.00. The molecule has 1 N–H and O–H groups in total. The number of ether oxygens (including phenoxy) is 1. The summed E-state index contributed by atoms with van der Waals surface area (Å²) in [6.07, 6.45) is 3.98. The Labute approximate surface area is 193 Å². The summed E-state index contributed by atoms with van der Waals surface area (Å²) in [5, 5.41) is 13.1. The number of furan rings is 1. The van der Waals surface area contributed by atoms with Gasteiger partial charge in [0.25, 0.3) is 5.91 Å². The molecule has 0 spiro atoms. The molecule has 0 bridgehead atoms. The van der Waals surface area contributed by atoms with Gasteiger partial charge < -0.3 is 19.2 Å². The summed E-state index contributed by atoms with van der Waals surface area (Å²) in [4.78, 5) is 25.7. The molecule has 1 aromatic carbocycles. The van der Waals surface area contributed by atoms with E-state index >= 15 is 0 Å². The number of para-hydroxylation sites is 1. The number of carboxylic acid groups (broad SMARTS) is 1. The van der Waals surface area contributed by atoms with Gasteiger partial charge in [-0.1, -0.05) is 18.2 Å². The van der Waals surface area contributed by atoms with Crippen LogP contribution in [-0.2, 0) is 18.4 Å². The predicted molar refractivity (Wildman–Crippen MR) is 124 cm³/mol. The minimum absolute atomic E-state index is 0.0457. The van der Waals surface area contributed by atoms with Gasteiger partial charge in [0, 0.05) is 37.7 Å². The normalized spacial score (nSPS) is 11.0. The molecule has 0 unspecified atom stereocenters. The van der Waals surface area contributed by atoms with Crippen LogP contribution in [0.15, 0.2) is 53.1 Å². The Kier molecular flexibility index (Phi) is 8.29. The maximum absolute atomic E-state index is 13.4. The van der Waals surface area contributed by atoms with E-state index in [-0.39, 0.29) is 18.4 Å². The molecule has 0 radical (unpaired) electrons. The molecule has 3 rings (SSSR count). The molecule has 0 aliphatic heterocycles. The van der Waals surface area contributed by atoms with Crippen molar-refractivity contribution in [2.45, 2.75) is 52.1 Å². The minimum Gasteiger partial charge on any atom is -0.493 e. The predicted octanol–water partition coefficient (Wildman–Crippen LogP) is 4.75. The van der Waals surface area contributed by atoms with Gasteiger partial charge in [0.15, 0.2) is 11.5 Å². The van der Waals surface area contributed by atoms with E-state index in [0.29, 0.717) is 31.0 Å². The van der Waals surface area contributed by atoms with Crippen LogP contribution in [0.4, 0.5) is 0 Å². The first-order valence-corrected chi connectivity index (χ1v) is 11.2. The lowest BCUT2D eigenvalue weighted by Gasteiger charge is -2.27. The van der Waals surface area contributed by atoms with Crippen molar-refractivity contribution in [1.82, 2.24) is 14.7 Å². The molecule has 3 aromatic rings. The molecule has 0 aliphatic carbocycles. The molecular formula is C25H31N3O5. The molecule has 0 saturated carbocycles. The van der Waals surface area contributed by atoms with Crippen LogP contribution in [0.25, 0.3) is 11.5 Å². The topological polar surface area (TPSA) is 97.8 Å². The zero-order valence-electron chi connectivity index (χ0n) is 19.4. The molecule has 0 fully saturated rings. The van der Waals surface area contributed by atoms with E-state index < -0.39 is 5.97 Å². The number of hydrogen-bond acceptors (Lipinski definition) is 5. The quantitative estimate of drug-likeness (QED) is 0.397. The largest absolute Gasteiger partial charge is 0.493 e. The third-order valence-electron chi connectivity index (χ3n) is 5.36. The Morgan fingerprint density at radius 2 is 1.94 bits per heavy atom. The standard InChI is InChI=1S/C25H31N3O5/c1-18(2)28(25(31)20-16-21(27(3)26-20)23-12-9-15-33-23)17-19-10-6-7-11-22(19)32-14-8-4-5-13-24(29)30/h6-7,9-12,15-16,18H,4-5,8,13-14,17H2,1-3H3,(H,29,30). The summed E-state index contributed by atoms with van der Waals surface area (Å²) < 4.78 is 13.1. The van der Waals surface area contributed by atoms with Gasteiger partial charge in [-0.15, -0.1) is 0 Å². The highest BCUT2D eigenvalue weighted by molar-refractivity contribution is 5.93. The Balaban J connectivity index is 1.68. The van der Waals surface area contributed by atoms with Crippen LogP contribution in [-0.4, -0.2) is 44.3 Å². The second-order valence-corrected chi connectivity index (χ2v) is 8.20. The fraction of sp³-hybridized carbons (Fsp3) is 0.400. The molecule has 2 aromatic heterocycles. The van der Waals surface area contributed by atoms with E-state index in [1.807, 2.05) is 44.2 Å². The number of hydrogen-bond donors (Lipinski definition) is 1. The van der Waals surface area contributed by atoms with Gasteiger partial charge >= 0.3 is 5.97 Å². The average molecular weight is 454 g/mol. The highest BCUT2D eigenvalue weighted by atomic mass is 16.5. The fourth-order valence-electron chi connectivity index (χ4n) is 3.56. The average Bonchev–Trinajstić information content (AvgIpc) is 3.44. The molecule has 8 nitrogen and oxygen atoms in total. The number of unbranched alkanes of at least 4 members (excludes halogenated alkanes) is 2. The third-order valence-corrected chi connectivity index (χ3v) is 5.36. The second kappa shape index (κ2) is 11.4. The van der Waals surface area contributed by atoms with E-state index in [1.54, 1.807) is 35.0 Å². The van der Waals surface area contributed by atoms with Crippen molar-refractivity contribution in [3.05, 3.63) is 60.0 Å². The van der Waals surface area contributed by atoms with Crippen molar-refractivity contribution in [3.63, 3.8) is 0 Å². The molecular weight excluding hydrogens is 422 g/mol. The SMILES string of the molecule is CC(C)N(Cc1ccccc1OCCCCCC(=O)O)C(=O)c1cc(-c2ccco2)n(C)n1. The van der Waals surface area contributed by atoms with Crippen molar-refractivity contribution in [2.75, 3.05) is 6.61 Å². The molecule has 33 heavy (non-hydrogen) atoms. The lowest BCUT2D eigenvalue weighted by atomic mass is 10.1. The Morgan fingerprint density at radius 1 is 1.15 bits per heavy atom. The lowest BCUT2D eigenvalue weighted by molar-refractivity contribution is -0.137. The molecule has 8 heteroatoms. The Bertz CT molecular complexity index is 1060. The summed E-state index contributed by atoms with van der Waals surface area (Å²) in [5.74, 6) is 0.444. The first kappa shape index (κ1) is 24.1.